The lowest BCUT2D eigenvalue weighted by atomic mass is 10.3. The zero-order valence-corrected chi connectivity index (χ0v) is 9.13. The minimum Gasteiger partial charge on any atom is -0.508 e. The monoisotopic (exact) mass is 217 g/mol. The van der Waals surface area contributed by atoms with Gasteiger partial charge >= 0.3 is 0 Å². The van der Waals surface area contributed by atoms with Gasteiger partial charge in [-0.3, -0.25) is 0 Å². The zero-order valence-electron chi connectivity index (χ0n) is 9.13. The minimum absolute atomic E-state index is 0.231. The van der Waals surface area contributed by atoms with E-state index in [1.54, 1.807) is 31.4 Å². The molecule has 0 heterocycles. The third-order valence-corrected chi connectivity index (χ3v) is 1.85. The number of methoxy groups -OCH3 is 1. The molecule has 0 saturated carbocycles. The van der Waals surface area contributed by atoms with Crippen LogP contribution in [0.25, 0.3) is 0 Å². The first-order chi connectivity index (χ1) is 7.72. The van der Waals surface area contributed by atoms with Gasteiger partial charge in [-0.25, -0.2) is 0 Å². The number of para-hydroxylation sites is 1. The average molecular weight is 217 g/mol. The van der Waals surface area contributed by atoms with Crippen LogP contribution in [0.1, 0.15) is 0 Å². The van der Waals surface area contributed by atoms with Gasteiger partial charge in [-0.1, -0.05) is 24.3 Å². The standard InChI is InChI=1S/C7H8O2.C6H7N/c1-9-7-4-2-3-6(8)5-7;7-6-4-2-1-3-5-6/h2-5,8H,1H3;1-5H,7H2. The van der Waals surface area contributed by atoms with E-state index in [2.05, 4.69) is 0 Å². The molecule has 0 bridgehead atoms. The molecule has 0 amide bonds. The summed E-state index contributed by atoms with van der Waals surface area (Å²) in [7, 11) is 1.56. The van der Waals surface area contributed by atoms with Crippen LogP contribution in [0.5, 0.6) is 11.5 Å². The number of aromatic hydroxyl groups is 1. The second kappa shape index (κ2) is 6.35. The van der Waals surface area contributed by atoms with Crippen molar-refractivity contribution in [1.82, 2.24) is 0 Å². The van der Waals surface area contributed by atoms with E-state index in [1.165, 1.54) is 0 Å². The van der Waals surface area contributed by atoms with Crippen molar-refractivity contribution < 1.29 is 9.84 Å². The third-order valence-electron chi connectivity index (χ3n) is 1.85. The highest BCUT2D eigenvalue weighted by Gasteiger charge is 1.88. The van der Waals surface area contributed by atoms with E-state index in [-0.39, 0.29) is 5.75 Å². The highest BCUT2D eigenvalue weighted by Crippen LogP contribution is 2.16. The second-order valence-electron chi connectivity index (χ2n) is 3.11. The van der Waals surface area contributed by atoms with Crippen molar-refractivity contribution in [3.05, 3.63) is 54.6 Å². The first kappa shape index (κ1) is 11.9. The molecule has 3 nitrogen and oxygen atoms in total. The molecule has 0 aliphatic heterocycles. The van der Waals surface area contributed by atoms with E-state index < -0.39 is 0 Å². The van der Waals surface area contributed by atoms with Crippen LogP contribution < -0.4 is 10.5 Å². The maximum absolute atomic E-state index is 8.86. The van der Waals surface area contributed by atoms with E-state index in [0.29, 0.717) is 5.75 Å². The molecule has 0 fully saturated rings. The van der Waals surface area contributed by atoms with E-state index in [1.807, 2.05) is 30.3 Å². The molecule has 0 radical (unpaired) electrons. The third kappa shape index (κ3) is 4.37. The summed E-state index contributed by atoms with van der Waals surface area (Å²) in [6.45, 7) is 0. The van der Waals surface area contributed by atoms with Gasteiger partial charge in [0.1, 0.15) is 11.5 Å². The lowest BCUT2D eigenvalue weighted by Crippen LogP contribution is -1.79. The molecule has 0 unspecified atom stereocenters. The summed E-state index contributed by atoms with van der Waals surface area (Å²) in [5.41, 5.74) is 6.18. The van der Waals surface area contributed by atoms with Crippen LogP contribution in [0.2, 0.25) is 0 Å². The van der Waals surface area contributed by atoms with E-state index in [4.69, 9.17) is 15.6 Å². The van der Waals surface area contributed by atoms with E-state index in [9.17, 15) is 0 Å². The molecule has 0 atom stereocenters. The van der Waals surface area contributed by atoms with Gasteiger partial charge in [0.25, 0.3) is 0 Å². The minimum atomic E-state index is 0.231. The summed E-state index contributed by atoms with van der Waals surface area (Å²) in [5.74, 6) is 0.907. The quantitative estimate of drug-likeness (QED) is 0.722. The number of nitrogens with two attached hydrogens (primary N) is 1. The number of ether oxygens (including phenoxy) is 1. The van der Waals surface area contributed by atoms with Gasteiger partial charge in [0.2, 0.25) is 0 Å². The number of phenols is 1. The van der Waals surface area contributed by atoms with Crippen molar-refractivity contribution in [2.24, 2.45) is 0 Å². The Bertz CT molecular complexity index is 415. The predicted molar refractivity (Wildman–Crippen MR) is 65.5 cm³/mol. The summed E-state index contributed by atoms with van der Waals surface area (Å²) in [6, 6.07) is 16.2. The number of hydrogen-bond donors (Lipinski definition) is 2. The van der Waals surface area contributed by atoms with Crippen molar-refractivity contribution in [3.63, 3.8) is 0 Å². The Labute approximate surface area is 95.1 Å². The van der Waals surface area contributed by atoms with E-state index in [0.717, 1.165) is 5.69 Å². The predicted octanol–water partition coefficient (Wildman–Crippen LogP) is 2.67. The summed E-state index contributed by atoms with van der Waals surface area (Å²) in [5, 5.41) is 8.86. The Balaban J connectivity index is 0.000000165. The molecular formula is C13H15NO2. The first-order valence-electron chi connectivity index (χ1n) is 4.86. The molecule has 0 aromatic heterocycles. The van der Waals surface area contributed by atoms with Crippen molar-refractivity contribution >= 4 is 5.69 Å². The maximum Gasteiger partial charge on any atom is 0.122 e. The van der Waals surface area contributed by atoms with Crippen molar-refractivity contribution in [1.29, 1.82) is 0 Å². The molecule has 84 valence electrons. The van der Waals surface area contributed by atoms with Gasteiger partial charge in [-0.05, 0) is 24.3 Å². The fraction of sp³-hybridized carbons (Fsp3) is 0.0769. The fourth-order valence-electron chi connectivity index (χ4n) is 1.06. The van der Waals surface area contributed by atoms with Gasteiger partial charge in [0.05, 0.1) is 7.11 Å². The Morgan fingerprint density at radius 2 is 1.69 bits per heavy atom. The molecule has 16 heavy (non-hydrogen) atoms. The molecule has 2 aromatic carbocycles. The van der Waals surface area contributed by atoms with Crippen molar-refractivity contribution in [3.8, 4) is 11.5 Å². The summed E-state index contributed by atoms with van der Waals surface area (Å²) in [6.07, 6.45) is 0. The molecule has 3 N–H and O–H groups in total. The zero-order chi connectivity index (χ0) is 11.8. The summed E-state index contributed by atoms with van der Waals surface area (Å²) in [4.78, 5) is 0. The van der Waals surface area contributed by atoms with Gasteiger partial charge in [-0.2, -0.15) is 0 Å². The van der Waals surface area contributed by atoms with Gasteiger partial charge in [0, 0.05) is 11.8 Å². The van der Waals surface area contributed by atoms with Crippen molar-refractivity contribution in [2.75, 3.05) is 12.8 Å². The Hall–Kier alpha value is -2.16. The smallest absolute Gasteiger partial charge is 0.122 e. The lowest BCUT2D eigenvalue weighted by molar-refractivity contribution is 0.407. The maximum atomic E-state index is 8.86. The number of benzene rings is 2. The molecule has 2 aromatic rings. The second-order valence-corrected chi connectivity index (χ2v) is 3.11. The van der Waals surface area contributed by atoms with Crippen LogP contribution in [0.3, 0.4) is 0 Å². The molecule has 0 saturated heterocycles. The number of phenolic OH excluding ortho intramolecular Hbond substituents is 1. The van der Waals surface area contributed by atoms with E-state index >= 15 is 0 Å². The molecule has 3 heteroatoms. The van der Waals surface area contributed by atoms with Crippen LogP contribution in [0, 0.1) is 0 Å². The van der Waals surface area contributed by atoms with Gasteiger partial charge in [-0.15, -0.1) is 0 Å². The van der Waals surface area contributed by atoms with Crippen molar-refractivity contribution in [2.45, 2.75) is 0 Å². The Kier molecular flexibility index (Phi) is 4.73. The number of nitrogen functional groups attached to an aromatic ring is 1. The highest BCUT2D eigenvalue weighted by atomic mass is 16.5. The van der Waals surface area contributed by atoms with Gasteiger partial charge in [0.15, 0.2) is 0 Å². The normalized spacial score (nSPS) is 8.81. The SMILES string of the molecule is COc1cccc(O)c1.Nc1ccccc1. The van der Waals surface area contributed by atoms with Crippen LogP contribution in [0.4, 0.5) is 5.69 Å². The number of rotatable bonds is 1. The number of hydrogen-bond acceptors (Lipinski definition) is 3. The molecular weight excluding hydrogens is 202 g/mol. The summed E-state index contributed by atoms with van der Waals surface area (Å²) >= 11 is 0. The average Bonchev–Trinajstić information content (AvgIpc) is 2.31. The van der Waals surface area contributed by atoms with Crippen LogP contribution in [0.15, 0.2) is 54.6 Å². The Morgan fingerprint density at radius 1 is 1.00 bits per heavy atom. The lowest BCUT2D eigenvalue weighted by Gasteiger charge is -1.97. The molecule has 0 spiro atoms. The highest BCUT2D eigenvalue weighted by molar-refractivity contribution is 5.35. The van der Waals surface area contributed by atoms with Crippen LogP contribution in [-0.2, 0) is 0 Å². The fourth-order valence-corrected chi connectivity index (χ4v) is 1.06. The number of anilines is 1. The first-order valence-corrected chi connectivity index (χ1v) is 4.86. The summed E-state index contributed by atoms with van der Waals surface area (Å²) < 4.78 is 4.84. The molecule has 2 rings (SSSR count). The largest absolute Gasteiger partial charge is 0.508 e. The van der Waals surface area contributed by atoms with Gasteiger partial charge < -0.3 is 15.6 Å². The Morgan fingerprint density at radius 3 is 2.06 bits per heavy atom. The molecule has 0 aliphatic carbocycles. The topological polar surface area (TPSA) is 55.5 Å². The molecule has 0 aliphatic rings. The van der Waals surface area contributed by atoms with Crippen LogP contribution in [-0.4, -0.2) is 12.2 Å². The van der Waals surface area contributed by atoms with Crippen LogP contribution >= 0.6 is 0 Å².